The molecule has 0 aromatic carbocycles. The van der Waals surface area contributed by atoms with Crippen molar-refractivity contribution in [3.63, 3.8) is 0 Å². The third-order valence-corrected chi connectivity index (χ3v) is 5.73. The fourth-order valence-corrected chi connectivity index (χ4v) is 4.59. The highest BCUT2D eigenvalue weighted by Gasteiger charge is 2.70. The number of amides is 1. The average molecular weight is 387 g/mol. The molecule has 2 bridgehead atoms. The van der Waals surface area contributed by atoms with E-state index in [2.05, 4.69) is 15.0 Å². The van der Waals surface area contributed by atoms with Gasteiger partial charge in [0.2, 0.25) is 0 Å². The topological polar surface area (TPSA) is 65.4 Å². The van der Waals surface area contributed by atoms with Gasteiger partial charge in [-0.05, 0) is 52.9 Å². The lowest BCUT2D eigenvalue weighted by Gasteiger charge is -2.69. The molecule has 4 aliphatic rings. The van der Waals surface area contributed by atoms with Gasteiger partial charge in [-0.1, -0.05) is 0 Å². The Morgan fingerprint density at radius 3 is 2.44 bits per heavy atom. The Hall–Kier alpha value is -1.77. The average Bonchev–Trinajstić information content (AvgIpc) is 2.81. The minimum absolute atomic E-state index is 0.000186. The maximum Gasteiger partial charge on any atom is 0.522 e. The summed E-state index contributed by atoms with van der Waals surface area (Å²) >= 11 is 0. The van der Waals surface area contributed by atoms with E-state index in [4.69, 9.17) is 4.74 Å². The summed E-state index contributed by atoms with van der Waals surface area (Å²) in [7, 11) is 0. The molecular weight excluding hydrogens is 363 g/mol. The van der Waals surface area contributed by atoms with Crippen LogP contribution in [0.2, 0.25) is 0 Å². The molecule has 1 amide bonds. The summed E-state index contributed by atoms with van der Waals surface area (Å²) in [6, 6.07) is -0.000186. The van der Waals surface area contributed by atoms with Crippen molar-refractivity contribution < 1.29 is 27.4 Å². The zero-order chi connectivity index (χ0) is 19.7. The van der Waals surface area contributed by atoms with Crippen molar-refractivity contribution in [2.24, 2.45) is 0 Å². The lowest BCUT2D eigenvalue weighted by molar-refractivity contribution is -0.353. The van der Waals surface area contributed by atoms with Crippen LogP contribution >= 0.6 is 0 Å². The van der Waals surface area contributed by atoms with Crippen molar-refractivity contribution in [2.45, 2.75) is 87.9 Å². The number of carbonyl (C=O) groups excluding carboxylic acids is 1. The molecule has 0 unspecified atom stereocenters. The van der Waals surface area contributed by atoms with E-state index in [-0.39, 0.29) is 17.0 Å². The van der Waals surface area contributed by atoms with Crippen molar-refractivity contribution in [1.82, 2.24) is 14.9 Å². The number of alkyl halides is 3. The van der Waals surface area contributed by atoms with Crippen LogP contribution in [0.1, 0.15) is 64.6 Å². The molecule has 6 nitrogen and oxygen atoms in total. The summed E-state index contributed by atoms with van der Waals surface area (Å²) in [6.45, 7) is 5.48. The molecule has 0 radical (unpaired) electrons. The van der Waals surface area contributed by atoms with Crippen LogP contribution in [0.5, 0.6) is 0 Å². The van der Waals surface area contributed by atoms with E-state index in [0.29, 0.717) is 12.8 Å². The first-order valence-electron chi connectivity index (χ1n) is 9.17. The monoisotopic (exact) mass is 387 g/mol. The summed E-state index contributed by atoms with van der Waals surface area (Å²) < 4.78 is 47.9. The van der Waals surface area contributed by atoms with Crippen LogP contribution in [0, 0.1) is 0 Å². The number of imidazole rings is 1. The fourth-order valence-electron chi connectivity index (χ4n) is 4.59. The first-order valence-corrected chi connectivity index (χ1v) is 9.17. The number of nitrogens with one attached hydrogen (secondary N) is 1. The minimum atomic E-state index is -4.57. The van der Waals surface area contributed by atoms with Gasteiger partial charge < -0.3 is 14.6 Å². The molecule has 1 N–H and O–H groups in total. The molecule has 1 aromatic heterocycles. The number of nitrogens with zero attached hydrogens (tertiary/aromatic N) is 2. The second kappa shape index (κ2) is 5.62. The minimum Gasteiger partial charge on any atom is -0.444 e. The van der Waals surface area contributed by atoms with Crippen LogP contribution in [0.4, 0.5) is 18.0 Å². The molecule has 4 saturated carbocycles. The summed E-state index contributed by atoms with van der Waals surface area (Å²) in [5, 5.41) is 2.97. The Labute approximate surface area is 155 Å². The smallest absolute Gasteiger partial charge is 0.444 e. The molecule has 1 heterocycles. The normalized spacial score (nSPS) is 34.9. The second-order valence-electron chi connectivity index (χ2n) is 9.23. The molecule has 4 aliphatic carbocycles. The number of hydrogen-bond acceptors (Lipinski definition) is 4. The lowest BCUT2D eigenvalue weighted by atomic mass is 9.38. The lowest BCUT2D eigenvalue weighted by Crippen LogP contribution is -2.77. The van der Waals surface area contributed by atoms with E-state index in [1.165, 1.54) is 0 Å². The summed E-state index contributed by atoms with van der Waals surface area (Å²) in [5.74, 6) is 0. The van der Waals surface area contributed by atoms with E-state index in [1.807, 2.05) is 31.5 Å². The Morgan fingerprint density at radius 2 is 1.89 bits per heavy atom. The largest absolute Gasteiger partial charge is 0.522 e. The molecule has 0 saturated heterocycles. The quantitative estimate of drug-likeness (QED) is 0.853. The second-order valence-corrected chi connectivity index (χ2v) is 9.23. The zero-order valence-corrected chi connectivity index (χ0v) is 15.6. The van der Waals surface area contributed by atoms with Gasteiger partial charge in [-0.25, -0.2) is 9.78 Å². The van der Waals surface area contributed by atoms with Crippen molar-refractivity contribution in [3.05, 3.63) is 18.2 Å². The molecule has 27 heavy (non-hydrogen) atoms. The zero-order valence-electron chi connectivity index (χ0n) is 15.6. The van der Waals surface area contributed by atoms with Gasteiger partial charge in [0.25, 0.3) is 0 Å². The highest BCUT2D eigenvalue weighted by atomic mass is 19.4. The molecule has 9 heteroatoms. The maximum atomic E-state index is 12.2. The SMILES string of the molecule is CC(C)(C)OC(=O)NC12CC(c3cn(C4CC(OC(F)(F)F)C4)cn3)(C1)C2. The van der Waals surface area contributed by atoms with E-state index in [0.717, 1.165) is 25.0 Å². The number of ether oxygens (including phenoxy) is 2. The van der Waals surface area contributed by atoms with Gasteiger partial charge in [-0.2, -0.15) is 0 Å². The summed E-state index contributed by atoms with van der Waals surface area (Å²) in [6.07, 6.45) is 1.03. The maximum absolute atomic E-state index is 12.2. The molecule has 0 aliphatic heterocycles. The molecule has 0 atom stereocenters. The number of hydrogen-bond donors (Lipinski definition) is 1. The van der Waals surface area contributed by atoms with Crippen LogP contribution in [-0.2, 0) is 14.9 Å². The van der Waals surface area contributed by atoms with Gasteiger partial charge in [0.1, 0.15) is 5.60 Å². The van der Waals surface area contributed by atoms with Crippen LogP contribution in [0.3, 0.4) is 0 Å². The first-order chi connectivity index (χ1) is 12.4. The van der Waals surface area contributed by atoms with Crippen LogP contribution in [-0.4, -0.2) is 39.3 Å². The van der Waals surface area contributed by atoms with Crippen molar-refractivity contribution >= 4 is 6.09 Å². The molecular formula is C18H24F3N3O3. The standard InChI is InChI=1S/C18H24F3N3O3/c1-15(2,3)27-14(25)23-17-7-16(8-17,9-17)13-6-24(10-22-13)11-4-12(5-11)26-18(19,20)21/h6,10-12H,4-5,7-9H2,1-3H3,(H,23,25). The van der Waals surface area contributed by atoms with Gasteiger partial charge >= 0.3 is 12.5 Å². The highest BCUT2D eigenvalue weighted by molar-refractivity contribution is 5.70. The molecule has 0 spiro atoms. The molecule has 1 aromatic rings. The molecule has 5 rings (SSSR count). The van der Waals surface area contributed by atoms with Crippen LogP contribution in [0.25, 0.3) is 0 Å². The first kappa shape index (κ1) is 18.6. The van der Waals surface area contributed by atoms with E-state index < -0.39 is 24.2 Å². The van der Waals surface area contributed by atoms with E-state index in [9.17, 15) is 18.0 Å². The predicted octanol–water partition coefficient (Wildman–Crippen LogP) is 3.82. The van der Waals surface area contributed by atoms with Crippen LogP contribution < -0.4 is 5.32 Å². The molecule has 4 fully saturated rings. The van der Waals surface area contributed by atoms with Gasteiger partial charge in [0.05, 0.1) is 18.1 Å². The van der Waals surface area contributed by atoms with Crippen LogP contribution in [0.15, 0.2) is 12.5 Å². The Bertz CT molecular complexity index is 727. The van der Waals surface area contributed by atoms with E-state index in [1.54, 1.807) is 6.33 Å². The third kappa shape index (κ3) is 3.53. The van der Waals surface area contributed by atoms with E-state index >= 15 is 0 Å². The van der Waals surface area contributed by atoms with Gasteiger partial charge in [0, 0.05) is 23.2 Å². The summed E-state index contributed by atoms with van der Waals surface area (Å²) in [4.78, 5) is 16.4. The van der Waals surface area contributed by atoms with Gasteiger partial charge in [-0.15, -0.1) is 13.2 Å². The van der Waals surface area contributed by atoms with Crippen molar-refractivity contribution in [3.8, 4) is 0 Å². The number of carbonyl (C=O) groups is 1. The van der Waals surface area contributed by atoms with Gasteiger partial charge in [-0.3, -0.25) is 4.74 Å². The third-order valence-electron chi connectivity index (χ3n) is 5.73. The Balaban J connectivity index is 1.28. The number of halogens is 3. The Morgan fingerprint density at radius 1 is 1.26 bits per heavy atom. The molecule has 150 valence electrons. The number of aromatic nitrogens is 2. The van der Waals surface area contributed by atoms with Crippen molar-refractivity contribution in [1.29, 1.82) is 0 Å². The van der Waals surface area contributed by atoms with Crippen molar-refractivity contribution in [2.75, 3.05) is 0 Å². The summed E-state index contributed by atoms with van der Waals surface area (Å²) in [5.41, 5.74) is 0.205. The Kier molecular flexibility index (Phi) is 3.87. The predicted molar refractivity (Wildman–Crippen MR) is 89.1 cm³/mol. The number of alkyl carbamates (subject to hydrolysis) is 1. The van der Waals surface area contributed by atoms with Gasteiger partial charge in [0.15, 0.2) is 0 Å². The highest BCUT2D eigenvalue weighted by Crippen LogP contribution is 2.67. The fraction of sp³-hybridized carbons (Fsp3) is 0.778. The number of rotatable bonds is 4.